The average molecular weight is 380 g/mol. The van der Waals surface area contributed by atoms with Crippen LogP contribution in [0, 0.1) is 11.3 Å². The fourth-order valence-electron chi connectivity index (χ4n) is 1.80. The molecular formula is C16H14ClN3O4S. The van der Waals surface area contributed by atoms with Crippen molar-refractivity contribution in [3.05, 3.63) is 54.1 Å². The van der Waals surface area contributed by atoms with Crippen molar-refractivity contribution in [2.75, 3.05) is 17.7 Å². The van der Waals surface area contributed by atoms with Crippen molar-refractivity contribution in [1.82, 2.24) is 5.32 Å². The molecule has 0 fully saturated rings. The number of hydrogen-bond acceptors (Lipinski definition) is 5. The standard InChI is InChI=1S/C16H14ClN3O4S/c17-9-10-19-16(21)20-13-3-7-15(8-4-13)25(22,23)24-14-5-1-12(11-18)2-6-14/h1-8H,9-10H2,(H2,19,20,21). The summed E-state index contributed by atoms with van der Waals surface area (Å²) in [6.07, 6.45) is 0. The smallest absolute Gasteiger partial charge is 0.339 e. The summed E-state index contributed by atoms with van der Waals surface area (Å²) in [5.41, 5.74) is 0.817. The van der Waals surface area contributed by atoms with Crippen LogP contribution in [0.25, 0.3) is 0 Å². The molecule has 0 atom stereocenters. The highest BCUT2D eigenvalue weighted by molar-refractivity contribution is 7.87. The number of nitrogens with one attached hydrogen (secondary N) is 2. The van der Waals surface area contributed by atoms with Crippen LogP contribution in [0.15, 0.2) is 53.4 Å². The van der Waals surface area contributed by atoms with Crippen LogP contribution in [0.4, 0.5) is 10.5 Å². The van der Waals surface area contributed by atoms with Crippen molar-refractivity contribution in [2.24, 2.45) is 0 Å². The van der Waals surface area contributed by atoms with Crippen molar-refractivity contribution in [3.63, 3.8) is 0 Å². The molecule has 2 N–H and O–H groups in total. The minimum atomic E-state index is -4.02. The van der Waals surface area contributed by atoms with Gasteiger partial charge in [0.2, 0.25) is 0 Å². The summed E-state index contributed by atoms with van der Waals surface area (Å²) < 4.78 is 29.5. The molecule has 0 aromatic heterocycles. The number of hydrogen-bond donors (Lipinski definition) is 2. The first-order valence-electron chi connectivity index (χ1n) is 7.10. The van der Waals surface area contributed by atoms with Gasteiger partial charge in [-0.2, -0.15) is 13.7 Å². The van der Waals surface area contributed by atoms with Gasteiger partial charge in [-0.05, 0) is 48.5 Å². The van der Waals surface area contributed by atoms with Crippen LogP contribution in [0.5, 0.6) is 5.75 Å². The number of urea groups is 1. The maximum Gasteiger partial charge on any atom is 0.339 e. The minimum Gasteiger partial charge on any atom is -0.379 e. The van der Waals surface area contributed by atoms with E-state index in [0.717, 1.165) is 0 Å². The number of carbonyl (C=O) groups is 1. The summed E-state index contributed by atoms with van der Waals surface area (Å²) in [5.74, 6) is 0.388. The molecule has 25 heavy (non-hydrogen) atoms. The van der Waals surface area contributed by atoms with E-state index in [2.05, 4.69) is 10.6 Å². The van der Waals surface area contributed by atoms with Crippen LogP contribution < -0.4 is 14.8 Å². The Morgan fingerprint density at radius 1 is 1.12 bits per heavy atom. The number of anilines is 1. The number of nitriles is 1. The maximum absolute atomic E-state index is 12.2. The van der Waals surface area contributed by atoms with E-state index in [0.29, 0.717) is 17.8 Å². The topological polar surface area (TPSA) is 108 Å². The third kappa shape index (κ3) is 5.38. The van der Waals surface area contributed by atoms with Gasteiger partial charge < -0.3 is 14.8 Å². The van der Waals surface area contributed by atoms with Crippen LogP contribution in [0.1, 0.15) is 5.56 Å². The molecule has 0 saturated carbocycles. The number of alkyl halides is 1. The van der Waals surface area contributed by atoms with Crippen LogP contribution in [0.2, 0.25) is 0 Å². The molecule has 0 bridgehead atoms. The first-order valence-corrected chi connectivity index (χ1v) is 9.04. The lowest BCUT2D eigenvalue weighted by atomic mass is 10.2. The quantitative estimate of drug-likeness (QED) is 0.592. The number of amides is 2. The molecule has 0 spiro atoms. The van der Waals surface area contributed by atoms with Crippen LogP contribution >= 0.6 is 11.6 Å². The lowest BCUT2D eigenvalue weighted by Crippen LogP contribution is -2.30. The Morgan fingerprint density at radius 3 is 2.32 bits per heavy atom. The molecular weight excluding hydrogens is 366 g/mol. The SMILES string of the molecule is N#Cc1ccc(OS(=O)(=O)c2ccc(NC(=O)NCCCl)cc2)cc1. The fraction of sp³-hybridized carbons (Fsp3) is 0.125. The van der Waals surface area contributed by atoms with Gasteiger partial charge in [-0.1, -0.05) is 0 Å². The van der Waals surface area contributed by atoms with Gasteiger partial charge in [-0.3, -0.25) is 0 Å². The molecule has 2 rings (SSSR count). The van der Waals surface area contributed by atoms with Gasteiger partial charge >= 0.3 is 16.1 Å². The van der Waals surface area contributed by atoms with Crippen molar-refractivity contribution in [3.8, 4) is 11.8 Å². The zero-order valence-electron chi connectivity index (χ0n) is 12.9. The van der Waals surface area contributed by atoms with Gasteiger partial charge in [0, 0.05) is 18.1 Å². The largest absolute Gasteiger partial charge is 0.379 e. The van der Waals surface area contributed by atoms with E-state index >= 15 is 0 Å². The Labute approximate surface area is 150 Å². The lowest BCUT2D eigenvalue weighted by molar-refractivity contribution is 0.252. The van der Waals surface area contributed by atoms with Crippen molar-refractivity contribution in [2.45, 2.75) is 4.90 Å². The van der Waals surface area contributed by atoms with E-state index < -0.39 is 16.1 Å². The van der Waals surface area contributed by atoms with Gasteiger partial charge in [0.05, 0.1) is 11.6 Å². The molecule has 0 heterocycles. The first kappa shape index (κ1) is 18.6. The van der Waals surface area contributed by atoms with Gasteiger partial charge in [0.15, 0.2) is 0 Å². The number of nitrogens with zero attached hydrogens (tertiary/aromatic N) is 1. The van der Waals surface area contributed by atoms with Crippen molar-refractivity contribution >= 4 is 33.4 Å². The minimum absolute atomic E-state index is 0.0661. The predicted octanol–water partition coefficient (Wildman–Crippen LogP) is 2.69. The summed E-state index contributed by atoms with van der Waals surface area (Å²) in [5, 5.41) is 13.8. The molecule has 130 valence electrons. The highest BCUT2D eigenvalue weighted by atomic mass is 35.5. The predicted molar refractivity (Wildman–Crippen MR) is 93.2 cm³/mol. The van der Waals surface area contributed by atoms with E-state index in [1.807, 2.05) is 6.07 Å². The van der Waals surface area contributed by atoms with Crippen LogP contribution in [-0.4, -0.2) is 26.9 Å². The van der Waals surface area contributed by atoms with E-state index in [1.165, 1.54) is 48.5 Å². The lowest BCUT2D eigenvalue weighted by Gasteiger charge is -2.09. The Hall–Kier alpha value is -2.76. The van der Waals surface area contributed by atoms with Gasteiger partial charge in [-0.15, -0.1) is 11.6 Å². The Balaban J connectivity index is 2.06. The highest BCUT2D eigenvalue weighted by Crippen LogP contribution is 2.20. The second-order valence-electron chi connectivity index (χ2n) is 4.77. The van der Waals surface area contributed by atoms with Gasteiger partial charge in [0.1, 0.15) is 10.6 Å². The zero-order valence-corrected chi connectivity index (χ0v) is 14.5. The van der Waals surface area contributed by atoms with Gasteiger partial charge in [-0.25, -0.2) is 4.79 Å². The van der Waals surface area contributed by atoms with Crippen molar-refractivity contribution < 1.29 is 17.4 Å². The highest BCUT2D eigenvalue weighted by Gasteiger charge is 2.16. The summed E-state index contributed by atoms with van der Waals surface area (Å²) in [4.78, 5) is 11.4. The molecule has 0 unspecified atom stereocenters. The second-order valence-corrected chi connectivity index (χ2v) is 6.69. The molecule has 0 saturated heterocycles. The summed E-state index contributed by atoms with van der Waals surface area (Å²) in [6.45, 7) is 0.318. The summed E-state index contributed by atoms with van der Waals surface area (Å²) >= 11 is 5.46. The van der Waals surface area contributed by atoms with Crippen LogP contribution in [-0.2, 0) is 10.1 Å². The van der Waals surface area contributed by atoms with Crippen molar-refractivity contribution in [1.29, 1.82) is 5.26 Å². The molecule has 2 aromatic carbocycles. The first-order chi connectivity index (χ1) is 11.9. The molecule has 2 amide bonds. The van der Waals surface area contributed by atoms with E-state index in [1.54, 1.807) is 0 Å². The number of rotatable bonds is 6. The Morgan fingerprint density at radius 2 is 1.76 bits per heavy atom. The van der Waals surface area contributed by atoms with Gasteiger partial charge in [0.25, 0.3) is 0 Å². The average Bonchev–Trinajstić information content (AvgIpc) is 2.61. The number of benzene rings is 2. The molecule has 7 nitrogen and oxygen atoms in total. The number of carbonyl (C=O) groups excluding carboxylic acids is 1. The molecule has 0 radical (unpaired) electrons. The van der Waals surface area contributed by atoms with Crippen LogP contribution in [0.3, 0.4) is 0 Å². The molecule has 0 aliphatic carbocycles. The third-order valence-electron chi connectivity index (χ3n) is 2.97. The summed E-state index contributed by atoms with van der Waals surface area (Å²) in [6, 6.07) is 12.7. The second kappa shape index (κ2) is 8.37. The third-order valence-corrected chi connectivity index (χ3v) is 4.42. The molecule has 9 heteroatoms. The zero-order chi connectivity index (χ0) is 18.3. The Bertz CT molecular complexity index is 875. The molecule has 0 aliphatic rings. The molecule has 2 aromatic rings. The van der Waals surface area contributed by atoms with E-state index in [4.69, 9.17) is 21.0 Å². The van der Waals surface area contributed by atoms with E-state index in [9.17, 15) is 13.2 Å². The normalized spacial score (nSPS) is 10.6. The maximum atomic E-state index is 12.2. The monoisotopic (exact) mass is 379 g/mol. The number of halogens is 1. The Kier molecular flexibility index (Phi) is 6.22. The molecule has 0 aliphatic heterocycles. The fourth-order valence-corrected chi connectivity index (χ4v) is 2.83. The van der Waals surface area contributed by atoms with E-state index in [-0.39, 0.29) is 16.5 Å². The summed E-state index contributed by atoms with van der Waals surface area (Å²) in [7, 11) is -4.02.